The molecule has 0 radical (unpaired) electrons. The molecule has 0 bridgehead atoms. The molecule has 2 aliphatic rings. The van der Waals surface area contributed by atoms with Crippen LogP contribution in [-0.4, -0.2) is 63.2 Å². The van der Waals surface area contributed by atoms with E-state index in [0.29, 0.717) is 5.56 Å². The van der Waals surface area contributed by atoms with Gasteiger partial charge in [0, 0.05) is 44.3 Å². The van der Waals surface area contributed by atoms with Crippen LogP contribution in [0.2, 0.25) is 0 Å². The molecule has 0 spiro atoms. The third-order valence-corrected chi connectivity index (χ3v) is 6.23. The molecule has 30 heavy (non-hydrogen) atoms. The van der Waals surface area contributed by atoms with Gasteiger partial charge in [-0.3, -0.25) is 9.69 Å². The molecule has 2 fully saturated rings. The van der Waals surface area contributed by atoms with E-state index in [1.54, 1.807) is 6.20 Å². The Hall–Kier alpha value is -2.73. The normalized spacial score (nSPS) is 17.8. The number of carbonyl (C=O) groups excluding carboxylic acids is 1. The van der Waals surface area contributed by atoms with Crippen molar-refractivity contribution in [3.8, 4) is 11.3 Å². The highest BCUT2D eigenvalue weighted by Crippen LogP contribution is 2.30. The highest BCUT2D eigenvalue weighted by Gasteiger charge is 2.29. The second kappa shape index (κ2) is 7.84. The molecule has 1 saturated carbocycles. The standard InChI is InChI=1S/C24H29N5O/c1-17(2)29-23-21(15-25-29)20(14-22(26-23)19-6-4-3-5-7-19)24(30)28-12-10-27(11-13-28)16-18-8-9-18/h3-7,14-15,17-18H,8-13,16H2,1-2H3. The lowest BCUT2D eigenvalue weighted by Gasteiger charge is -2.35. The van der Waals surface area contributed by atoms with Gasteiger partial charge < -0.3 is 4.90 Å². The van der Waals surface area contributed by atoms with Crippen molar-refractivity contribution in [2.24, 2.45) is 5.92 Å². The van der Waals surface area contributed by atoms with Gasteiger partial charge in [-0.2, -0.15) is 5.10 Å². The number of nitrogens with zero attached hydrogens (tertiary/aromatic N) is 5. The predicted octanol–water partition coefficient (Wildman–Crippen LogP) is 3.85. The number of hydrogen-bond donors (Lipinski definition) is 0. The monoisotopic (exact) mass is 403 g/mol. The van der Waals surface area contributed by atoms with E-state index in [9.17, 15) is 4.79 Å². The Morgan fingerprint density at radius 2 is 1.83 bits per heavy atom. The number of piperazine rings is 1. The minimum absolute atomic E-state index is 0.0916. The van der Waals surface area contributed by atoms with Gasteiger partial charge in [-0.05, 0) is 38.7 Å². The summed E-state index contributed by atoms with van der Waals surface area (Å²) in [5.74, 6) is 0.983. The maximum Gasteiger partial charge on any atom is 0.254 e. The summed E-state index contributed by atoms with van der Waals surface area (Å²) in [4.78, 5) is 23.0. The second-order valence-electron chi connectivity index (χ2n) is 8.88. The highest BCUT2D eigenvalue weighted by molar-refractivity contribution is 6.06. The number of aromatic nitrogens is 3. The molecule has 6 heteroatoms. The average molecular weight is 404 g/mol. The van der Waals surface area contributed by atoms with Crippen LogP contribution in [0, 0.1) is 5.92 Å². The van der Waals surface area contributed by atoms with E-state index in [-0.39, 0.29) is 11.9 Å². The molecule has 5 rings (SSSR count). The third kappa shape index (κ3) is 3.72. The fourth-order valence-electron chi connectivity index (χ4n) is 4.30. The molecule has 0 atom stereocenters. The third-order valence-electron chi connectivity index (χ3n) is 6.23. The summed E-state index contributed by atoms with van der Waals surface area (Å²) in [5, 5.41) is 5.39. The Balaban J connectivity index is 1.48. The van der Waals surface area contributed by atoms with Crippen molar-refractivity contribution in [1.29, 1.82) is 0 Å². The fourth-order valence-corrected chi connectivity index (χ4v) is 4.30. The quantitative estimate of drug-likeness (QED) is 0.649. The van der Waals surface area contributed by atoms with E-state index in [0.717, 1.165) is 54.4 Å². The van der Waals surface area contributed by atoms with Crippen molar-refractivity contribution >= 4 is 16.9 Å². The van der Waals surface area contributed by atoms with Crippen molar-refractivity contribution in [3.63, 3.8) is 0 Å². The Kier molecular flexibility index (Phi) is 5.03. The van der Waals surface area contributed by atoms with Crippen LogP contribution >= 0.6 is 0 Å². The molecule has 6 nitrogen and oxygen atoms in total. The predicted molar refractivity (Wildman–Crippen MR) is 118 cm³/mol. The maximum absolute atomic E-state index is 13.6. The second-order valence-corrected chi connectivity index (χ2v) is 8.88. The SMILES string of the molecule is CC(C)n1ncc2c(C(=O)N3CCN(CC4CC4)CC3)cc(-c3ccccc3)nc21. The lowest BCUT2D eigenvalue weighted by Crippen LogP contribution is -2.49. The molecule has 1 aliphatic carbocycles. The van der Waals surface area contributed by atoms with Crippen molar-refractivity contribution in [2.75, 3.05) is 32.7 Å². The summed E-state index contributed by atoms with van der Waals surface area (Å²) in [7, 11) is 0. The lowest BCUT2D eigenvalue weighted by atomic mass is 10.1. The van der Waals surface area contributed by atoms with Crippen molar-refractivity contribution in [3.05, 3.63) is 48.2 Å². The van der Waals surface area contributed by atoms with E-state index in [1.807, 2.05) is 46.0 Å². The number of amides is 1. The number of carbonyl (C=O) groups is 1. The average Bonchev–Trinajstić information content (AvgIpc) is 3.48. The summed E-state index contributed by atoms with van der Waals surface area (Å²) >= 11 is 0. The van der Waals surface area contributed by atoms with Crippen molar-refractivity contribution < 1.29 is 4.79 Å². The van der Waals surface area contributed by atoms with Crippen LogP contribution in [0.25, 0.3) is 22.3 Å². The summed E-state index contributed by atoms with van der Waals surface area (Å²) in [6.45, 7) is 8.87. The minimum Gasteiger partial charge on any atom is -0.336 e. The van der Waals surface area contributed by atoms with Crippen LogP contribution in [0.3, 0.4) is 0 Å². The van der Waals surface area contributed by atoms with E-state index < -0.39 is 0 Å². The summed E-state index contributed by atoms with van der Waals surface area (Å²) in [6, 6.07) is 12.2. The van der Waals surface area contributed by atoms with Gasteiger partial charge in [0.2, 0.25) is 0 Å². The molecular weight excluding hydrogens is 374 g/mol. The summed E-state index contributed by atoms with van der Waals surface area (Å²) < 4.78 is 1.91. The first kappa shape index (κ1) is 19.2. The first-order valence-electron chi connectivity index (χ1n) is 11.1. The Morgan fingerprint density at radius 1 is 1.10 bits per heavy atom. The lowest BCUT2D eigenvalue weighted by molar-refractivity contribution is 0.0634. The van der Waals surface area contributed by atoms with Crippen LogP contribution in [0.5, 0.6) is 0 Å². The largest absolute Gasteiger partial charge is 0.336 e. The zero-order valence-corrected chi connectivity index (χ0v) is 17.8. The molecule has 1 aliphatic heterocycles. The first-order chi connectivity index (χ1) is 14.6. The van der Waals surface area contributed by atoms with Crippen LogP contribution in [0.15, 0.2) is 42.6 Å². The molecule has 1 saturated heterocycles. The smallest absolute Gasteiger partial charge is 0.254 e. The zero-order valence-electron chi connectivity index (χ0n) is 17.8. The van der Waals surface area contributed by atoms with Crippen LogP contribution in [-0.2, 0) is 0 Å². The van der Waals surface area contributed by atoms with Gasteiger partial charge in [-0.25, -0.2) is 9.67 Å². The molecule has 0 N–H and O–H groups in total. The van der Waals surface area contributed by atoms with Gasteiger partial charge in [0.25, 0.3) is 5.91 Å². The minimum atomic E-state index is 0.0916. The highest BCUT2D eigenvalue weighted by atomic mass is 16.2. The number of rotatable bonds is 5. The van der Waals surface area contributed by atoms with E-state index in [2.05, 4.69) is 23.8 Å². The van der Waals surface area contributed by atoms with E-state index in [4.69, 9.17) is 4.98 Å². The van der Waals surface area contributed by atoms with Gasteiger partial charge >= 0.3 is 0 Å². The maximum atomic E-state index is 13.6. The molecule has 1 amide bonds. The number of pyridine rings is 1. The zero-order chi connectivity index (χ0) is 20.7. The first-order valence-corrected chi connectivity index (χ1v) is 11.1. The fraction of sp³-hybridized carbons (Fsp3) is 0.458. The van der Waals surface area contributed by atoms with Gasteiger partial charge in [-0.1, -0.05) is 30.3 Å². The summed E-state index contributed by atoms with van der Waals surface area (Å²) in [5.41, 5.74) is 3.32. The van der Waals surface area contributed by atoms with E-state index >= 15 is 0 Å². The van der Waals surface area contributed by atoms with Gasteiger partial charge in [-0.15, -0.1) is 0 Å². The van der Waals surface area contributed by atoms with E-state index in [1.165, 1.54) is 19.4 Å². The Bertz CT molecular complexity index is 1050. The van der Waals surface area contributed by atoms with Crippen LogP contribution in [0.4, 0.5) is 0 Å². The number of fused-ring (bicyclic) bond motifs is 1. The Labute approximate surface area is 177 Å². The van der Waals surface area contributed by atoms with Gasteiger partial charge in [0.1, 0.15) is 0 Å². The van der Waals surface area contributed by atoms with Crippen molar-refractivity contribution in [1.82, 2.24) is 24.6 Å². The molecule has 0 unspecified atom stereocenters. The molecule has 3 heterocycles. The molecular formula is C24H29N5O. The molecule has 3 aromatic rings. The summed E-state index contributed by atoms with van der Waals surface area (Å²) in [6.07, 6.45) is 4.54. The van der Waals surface area contributed by atoms with Crippen LogP contribution < -0.4 is 0 Å². The molecule has 2 aromatic heterocycles. The number of benzene rings is 1. The van der Waals surface area contributed by atoms with Gasteiger partial charge in [0.05, 0.1) is 22.8 Å². The molecule has 1 aromatic carbocycles. The number of hydrogen-bond acceptors (Lipinski definition) is 4. The van der Waals surface area contributed by atoms with Crippen molar-refractivity contribution in [2.45, 2.75) is 32.7 Å². The van der Waals surface area contributed by atoms with Gasteiger partial charge in [0.15, 0.2) is 5.65 Å². The molecule has 156 valence electrons. The van der Waals surface area contributed by atoms with Crippen LogP contribution in [0.1, 0.15) is 43.1 Å². The topological polar surface area (TPSA) is 54.3 Å². The Morgan fingerprint density at radius 3 is 2.50 bits per heavy atom.